The molecule has 0 amide bonds. The van der Waals surface area contributed by atoms with Gasteiger partial charge in [0.15, 0.2) is 0 Å². The normalized spacial score (nSPS) is 15.9. The van der Waals surface area contributed by atoms with Crippen molar-refractivity contribution < 1.29 is 14.3 Å². The lowest BCUT2D eigenvalue weighted by Gasteiger charge is -2.11. The molecule has 0 spiro atoms. The zero-order valence-electron chi connectivity index (χ0n) is 11.6. The third-order valence-electron chi connectivity index (χ3n) is 3.40. The minimum atomic E-state index is -0.292. The summed E-state index contributed by atoms with van der Waals surface area (Å²) in [4.78, 5) is 12.0. The molecule has 1 atom stereocenters. The van der Waals surface area contributed by atoms with Gasteiger partial charge in [-0.2, -0.15) is 0 Å². The Morgan fingerprint density at radius 3 is 2.62 bits per heavy atom. The highest BCUT2D eigenvalue weighted by atomic mass is 16.6. The summed E-state index contributed by atoms with van der Waals surface area (Å²) in [7, 11) is 0. The molecule has 0 fully saturated rings. The summed E-state index contributed by atoms with van der Waals surface area (Å²) in [6.45, 7) is 0.609. The van der Waals surface area contributed by atoms with Crippen LogP contribution in [-0.2, 0) is 16.0 Å². The van der Waals surface area contributed by atoms with E-state index in [1.807, 2.05) is 54.6 Å². The standard InChI is InChI=1S/C17H17NO3/c19-17(16-12-13-6-4-5-9-15(13)18-16)21-11-10-20-14-7-2-1-3-8-14/h1-9,16,18H,10-12H2. The van der Waals surface area contributed by atoms with Gasteiger partial charge in [-0.25, -0.2) is 4.79 Å². The van der Waals surface area contributed by atoms with Gasteiger partial charge in [0.05, 0.1) is 0 Å². The number of esters is 1. The number of carbonyl (C=O) groups is 1. The van der Waals surface area contributed by atoms with Crippen molar-refractivity contribution in [2.45, 2.75) is 12.5 Å². The molecule has 0 aliphatic carbocycles. The molecule has 1 aliphatic heterocycles. The molecule has 4 nitrogen and oxygen atoms in total. The van der Waals surface area contributed by atoms with E-state index in [0.29, 0.717) is 13.0 Å². The van der Waals surface area contributed by atoms with Crippen molar-refractivity contribution in [2.24, 2.45) is 0 Å². The van der Waals surface area contributed by atoms with Gasteiger partial charge >= 0.3 is 5.97 Å². The second kappa shape index (κ2) is 6.31. The molecule has 0 bridgehead atoms. The smallest absolute Gasteiger partial charge is 0.329 e. The molecule has 4 heteroatoms. The topological polar surface area (TPSA) is 47.6 Å². The van der Waals surface area contributed by atoms with Crippen LogP contribution < -0.4 is 10.1 Å². The first kappa shape index (κ1) is 13.5. The van der Waals surface area contributed by atoms with Gasteiger partial charge < -0.3 is 14.8 Å². The molecule has 2 aromatic rings. The van der Waals surface area contributed by atoms with Crippen molar-refractivity contribution in [2.75, 3.05) is 18.5 Å². The van der Waals surface area contributed by atoms with E-state index in [0.717, 1.165) is 17.0 Å². The van der Waals surface area contributed by atoms with Gasteiger partial charge in [-0.05, 0) is 23.8 Å². The highest BCUT2D eigenvalue weighted by Crippen LogP contribution is 2.25. The minimum absolute atomic E-state index is 0.233. The van der Waals surface area contributed by atoms with E-state index in [1.165, 1.54) is 0 Å². The lowest BCUT2D eigenvalue weighted by molar-refractivity contribution is -0.145. The fourth-order valence-electron chi connectivity index (χ4n) is 2.36. The third-order valence-corrected chi connectivity index (χ3v) is 3.40. The molecule has 3 rings (SSSR count). The van der Waals surface area contributed by atoms with E-state index in [4.69, 9.17) is 9.47 Å². The van der Waals surface area contributed by atoms with Crippen LogP contribution in [0.4, 0.5) is 5.69 Å². The van der Waals surface area contributed by atoms with Crippen LogP contribution in [0.2, 0.25) is 0 Å². The molecule has 0 saturated heterocycles. The molecular weight excluding hydrogens is 266 g/mol. The number of nitrogens with one attached hydrogen (secondary N) is 1. The average molecular weight is 283 g/mol. The Hall–Kier alpha value is -2.49. The number of fused-ring (bicyclic) bond motifs is 1. The first-order valence-corrected chi connectivity index (χ1v) is 7.02. The Kier molecular flexibility index (Phi) is 4.05. The summed E-state index contributed by atoms with van der Waals surface area (Å²) in [5, 5.41) is 3.18. The number of hydrogen-bond donors (Lipinski definition) is 1. The number of para-hydroxylation sites is 2. The number of benzene rings is 2. The zero-order valence-corrected chi connectivity index (χ0v) is 11.6. The van der Waals surface area contributed by atoms with Crippen molar-refractivity contribution >= 4 is 11.7 Å². The summed E-state index contributed by atoms with van der Waals surface area (Å²) in [5.41, 5.74) is 2.17. The van der Waals surface area contributed by atoms with Crippen molar-refractivity contribution in [3.8, 4) is 5.75 Å². The van der Waals surface area contributed by atoms with E-state index in [9.17, 15) is 4.79 Å². The summed E-state index contributed by atoms with van der Waals surface area (Å²) in [6.07, 6.45) is 0.675. The molecule has 1 heterocycles. The van der Waals surface area contributed by atoms with Crippen LogP contribution in [0, 0.1) is 0 Å². The average Bonchev–Trinajstić information content (AvgIpc) is 2.96. The third kappa shape index (κ3) is 3.34. The zero-order chi connectivity index (χ0) is 14.5. The van der Waals surface area contributed by atoms with E-state index < -0.39 is 0 Å². The number of carbonyl (C=O) groups excluding carboxylic acids is 1. The number of hydrogen-bond acceptors (Lipinski definition) is 4. The monoisotopic (exact) mass is 283 g/mol. The Morgan fingerprint density at radius 1 is 1.05 bits per heavy atom. The van der Waals surface area contributed by atoms with Crippen molar-refractivity contribution in [1.82, 2.24) is 0 Å². The van der Waals surface area contributed by atoms with Gasteiger partial charge in [0, 0.05) is 12.1 Å². The van der Waals surface area contributed by atoms with E-state index >= 15 is 0 Å². The molecule has 1 aliphatic rings. The van der Waals surface area contributed by atoms with Crippen LogP contribution in [0.3, 0.4) is 0 Å². The first-order valence-electron chi connectivity index (χ1n) is 7.02. The first-order chi connectivity index (χ1) is 10.3. The van der Waals surface area contributed by atoms with Gasteiger partial charge in [0.1, 0.15) is 25.0 Å². The van der Waals surface area contributed by atoms with E-state index in [2.05, 4.69) is 5.32 Å². The molecular formula is C17H17NO3. The Balaban J connectivity index is 1.42. The second-order valence-corrected chi connectivity index (χ2v) is 4.89. The van der Waals surface area contributed by atoms with Crippen molar-refractivity contribution in [3.63, 3.8) is 0 Å². The van der Waals surface area contributed by atoms with Gasteiger partial charge in [0.25, 0.3) is 0 Å². The van der Waals surface area contributed by atoms with Crippen LogP contribution in [0.25, 0.3) is 0 Å². The number of rotatable bonds is 5. The predicted octanol–water partition coefficient (Wildman–Crippen LogP) is 2.65. The SMILES string of the molecule is O=C(OCCOc1ccccc1)C1Cc2ccccc2N1. The van der Waals surface area contributed by atoms with Crippen LogP contribution in [-0.4, -0.2) is 25.2 Å². The molecule has 1 unspecified atom stereocenters. The van der Waals surface area contributed by atoms with E-state index in [1.54, 1.807) is 0 Å². The van der Waals surface area contributed by atoms with Gasteiger partial charge in [-0.15, -0.1) is 0 Å². The summed E-state index contributed by atoms with van der Waals surface area (Å²) >= 11 is 0. The fourth-order valence-corrected chi connectivity index (χ4v) is 2.36. The van der Waals surface area contributed by atoms with Crippen LogP contribution >= 0.6 is 0 Å². The highest BCUT2D eigenvalue weighted by molar-refractivity contribution is 5.82. The van der Waals surface area contributed by atoms with E-state index in [-0.39, 0.29) is 18.6 Å². The molecule has 2 aromatic carbocycles. The largest absolute Gasteiger partial charge is 0.490 e. The molecule has 0 aromatic heterocycles. The fraction of sp³-hybridized carbons (Fsp3) is 0.235. The summed E-state index contributed by atoms with van der Waals surface area (Å²) in [6, 6.07) is 17.1. The predicted molar refractivity (Wildman–Crippen MR) is 80.5 cm³/mol. The van der Waals surface area contributed by atoms with Crippen molar-refractivity contribution in [1.29, 1.82) is 0 Å². The van der Waals surface area contributed by atoms with Crippen LogP contribution in [0.15, 0.2) is 54.6 Å². The molecule has 1 N–H and O–H groups in total. The maximum atomic E-state index is 12.0. The summed E-state index contributed by atoms with van der Waals surface area (Å²) in [5.74, 6) is 0.544. The minimum Gasteiger partial charge on any atom is -0.490 e. The summed E-state index contributed by atoms with van der Waals surface area (Å²) < 4.78 is 10.7. The molecule has 0 saturated carbocycles. The molecule has 108 valence electrons. The van der Waals surface area contributed by atoms with Crippen molar-refractivity contribution in [3.05, 3.63) is 60.2 Å². The quantitative estimate of drug-likeness (QED) is 0.677. The lowest BCUT2D eigenvalue weighted by atomic mass is 10.1. The number of anilines is 1. The Bertz CT molecular complexity index is 587. The van der Waals surface area contributed by atoms with Gasteiger partial charge in [-0.3, -0.25) is 0 Å². The second-order valence-electron chi connectivity index (χ2n) is 4.89. The Morgan fingerprint density at radius 2 is 1.81 bits per heavy atom. The molecule has 0 radical (unpaired) electrons. The number of ether oxygens (including phenoxy) is 2. The van der Waals surface area contributed by atoms with Crippen LogP contribution in [0.1, 0.15) is 5.56 Å². The maximum Gasteiger partial charge on any atom is 0.329 e. The van der Waals surface area contributed by atoms with Crippen LogP contribution in [0.5, 0.6) is 5.75 Å². The van der Waals surface area contributed by atoms with Gasteiger partial charge in [-0.1, -0.05) is 36.4 Å². The van der Waals surface area contributed by atoms with Gasteiger partial charge in [0.2, 0.25) is 0 Å². The Labute approximate surface area is 123 Å². The molecule has 21 heavy (non-hydrogen) atoms. The lowest BCUT2D eigenvalue weighted by Crippen LogP contribution is -2.30. The maximum absolute atomic E-state index is 12.0. The highest BCUT2D eigenvalue weighted by Gasteiger charge is 2.27.